The molecule has 1 aliphatic rings. The summed E-state index contributed by atoms with van der Waals surface area (Å²) in [7, 11) is 0. The first-order valence-corrected chi connectivity index (χ1v) is 8.41. The molecule has 1 amide bonds. The zero-order valence-corrected chi connectivity index (χ0v) is 13.9. The van der Waals surface area contributed by atoms with E-state index >= 15 is 0 Å². The van der Waals surface area contributed by atoms with Gasteiger partial charge in [0, 0.05) is 26.3 Å². The topological polar surface area (TPSA) is 55.6 Å². The first kappa shape index (κ1) is 16.7. The second-order valence-electron chi connectivity index (χ2n) is 6.40. The molecule has 0 saturated carbocycles. The summed E-state index contributed by atoms with van der Waals surface area (Å²) in [5.74, 6) is 0.0125. The van der Waals surface area contributed by atoms with Crippen molar-refractivity contribution >= 4 is 5.91 Å². The van der Waals surface area contributed by atoms with E-state index in [0.717, 1.165) is 11.1 Å². The summed E-state index contributed by atoms with van der Waals surface area (Å²) in [5.41, 5.74) is 7.84. The molecule has 4 nitrogen and oxygen atoms in total. The molecule has 4 heteroatoms. The number of carbonyl (C=O) groups is 1. The molecule has 2 N–H and O–H groups in total. The van der Waals surface area contributed by atoms with Gasteiger partial charge in [-0.3, -0.25) is 4.79 Å². The van der Waals surface area contributed by atoms with Gasteiger partial charge in [0.15, 0.2) is 0 Å². The fourth-order valence-electron chi connectivity index (χ4n) is 3.07. The van der Waals surface area contributed by atoms with Crippen LogP contribution in [-0.2, 0) is 22.6 Å². The molecular formula is C20H24N2O2. The largest absolute Gasteiger partial charge is 0.381 e. The highest BCUT2D eigenvalue weighted by molar-refractivity contribution is 5.86. The van der Waals surface area contributed by atoms with Gasteiger partial charge < -0.3 is 15.4 Å². The average molecular weight is 324 g/mol. The smallest absolute Gasteiger partial charge is 0.243 e. The summed E-state index contributed by atoms with van der Waals surface area (Å²) in [4.78, 5) is 15.0. The van der Waals surface area contributed by atoms with Gasteiger partial charge in [-0.1, -0.05) is 60.7 Å². The van der Waals surface area contributed by atoms with Crippen LogP contribution in [0.25, 0.3) is 0 Å². The van der Waals surface area contributed by atoms with Crippen molar-refractivity contribution in [3.63, 3.8) is 0 Å². The molecule has 126 valence electrons. The van der Waals surface area contributed by atoms with E-state index in [9.17, 15) is 4.79 Å². The van der Waals surface area contributed by atoms with E-state index in [1.165, 1.54) is 0 Å². The summed E-state index contributed by atoms with van der Waals surface area (Å²) in [6, 6.07) is 20.1. The molecule has 0 unspecified atom stereocenters. The zero-order valence-electron chi connectivity index (χ0n) is 13.9. The average Bonchev–Trinajstić information content (AvgIpc) is 2.63. The number of hydrogen-bond donors (Lipinski definition) is 1. The minimum atomic E-state index is -0.818. The lowest BCUT2D eigenvalue weighted by molar-refractivity contribution is -0.141. The molecule has 2 aromatic rings. The molecule has 0 radical (unpaired) electrons. The predicted octanol–water partition coefficient (Wildman–Crippen LogP) is 2.72. The van der Waals surface area contributed by atoms with E-state index in [-0.39, 0.29) is 5.91 Å². The molecule has 0 atom stereocenters. The lowest BCUT2D eigenvalue weighted by atomic mass is 9.89. The third kappa shape index (κ3) is 4.02. The van der Waals surface area contributed by atoms with Crippen molar-refractivity contribution in [1.82, 2.24) is 4.90 Å². The van der Waals surface area contributed by atoms with Crippen LogP contribution in [0.4, 0.5) is 0 Å². The van der Waals surface area contributed by atoms with Gasteiger partial charge in [-0.25, -0.2) is 0 Å². The number of amides is 1. The Hall–Kier alpha value is -2.17. The van der Waals surface area contributed by atoms with Gasteiger partial charge in [0.2, 0.25) is 5.91 Å². The van der Waals surface area contributed by atoms with Crippen LogP contribution in [0.2, 0.25) is 0 Å². The maximum absolute atomic E-state index is 13.2. The Morgan fingerprint density at radius 2 is 1.38 bits per heavy atom. The van der Waals surface area contributed by atoms with Crippen molar-refractivity contribution in [1.29, 1.82) is 0 Å². The van der Waals surface area contributed by atoms with Gasteiger partial charge in [-0.2, -0.15) is 0 Å². The molecule has 3 rings (SSSR count). The second kappa shape index (κ2) is 7.60. The molecule has 1 heterocycles. The molecule has 0 bridgehead atoms. The molecule has 0 aromatic heterocycles. The highest BCUT2D eigenvalue weighted by Gasteiger charge is 2.38. The Kier molecular flexibility index (Phi) is 5.28. The van der Waals surface area contributed by atoms with E-state index in [2.05, 4.69) is 0 Å². The summed E-state index contributed by atoms with van der Waals surface area (Å²) < 4.78 is 5.38. The number of rotatable bonds is 5. The number of benzene rings is 2. The standard InChI is InChI=1S/C20H24N2O2/c21-20(11-13-24-14-12-20)19(23)22(15-17-7-3-1-4-8-17)16-18-9-5-2-6-10-18/h1-10H,11-16,21H2. The van der Waals surface area contributed by atoms with E-state index in [4.69, 9.17) is 10.5 Å². The Balaban J connectivity index is 1.82. The monoisotopic (exact) mass is 324 g/mol. The number of hydrogen-bond acceptors (Lipinski definition) is 3. The Morgan fingerprint density at radius 3 is 1.83 bits per heavy atom. The lowest BCUT2D eigenvalue weighted by Gasteiger charge is -2.37. The Bertz CT molecular complexity index is 610. The predicted molar refractivity (Wildman–Crippen MR) is 94.1 cm³/mol. The minimum Gasteiger partial charge on any atom is -0.381 e. The van der Waals surface area contributed by atoms with Gasteiger partial charge in [0.1, 0.15) is 0 Å². The van der Waals surface area contributed by atoms with Crippen LogP contribution in [0.5, 0.6) is 0 Å². The number of nitrogens with two attached hydrogens (primary N) is 1. The van der Waals surface area contributed by atoms with Crippen LogP contribution in [0.1, 0.15) is 24.0 Å². The van der Waals surface area contributed by atoms with Crippen molar-refractivity contribution in [2.24, 2.45) is 5.73 Å². The van der Waals surface area contributed by atoms with Crippen molar-refractivity contribution in [3.05, 3.63) is 71.8 Å². The minimum absolute atomic E-state index is 0.0125. The zero-order chi connectivity index (χ0) is 16.8. The van der Waals surface area contributed by atoms with Crippen LogP contribution in [0, 0.1) is 0 Å². The van der Waals surface area contributed by atoms with Crippen LogP contribution in [0.3, 0.4) is 0 Å². The van der Waals surface area contributed by atoms with Crippen LogP contribution in [0.15, 0.2) is 60.7 Å². The van der Waals surface area contributed by atoms with E-state index < -0.39 is 5.54 Å². The van der Waals surface area contributed by atoms with Crippen molar-refractivity contribution in [2.75, 3.05) is 13.2 Å². The molecule has 0 aliphatic carbocycles. The Morgan fingerprint density at radius 1 is 0.917 bits per heavy atom. The van der Waals surface area contributed by atoms with Gasteiger partial charge >= 0.3 is 0 Å². The van der Waals surface area contributed by atoms with Crippen LogP contribution >= 0.6 is 0 Å². The van der Waals surface area contributed by atoms with E-state index in [1.807, 2.05) is 65.6 Å². The Labute approximate surface area is 143 Å². The lowest BCUT2D eigenvalue weighted by Crippen LogP contribution is -2.57. The fraction of sp³-hybridized carbons (Fsp3) is 0.350. The highest BCUT2D eigenvalue weighted by Crippen LogP contribution is 2.23. The van der Waals surface area contributed by atoms with Crippen molar-refractivity contribution in [2.45, 2.75) is 31.5 Å². The SMILES string of the molecule is NC1(C(=O)N(Cc2ccccc2)Cc2ccccc2)CCOCC1. The molecule has 2 aromatic carbocycles. The number of carbonyl (C=O) groups excluding carboxylic acids is 1. The first-order valence-electron chi connectivity index (χ1n) is 8.41. The second-order valence-corrected chi connectivity index (χ2v) is 6.40. The highest BCUT2D eigenvalue weighted by atomic mass is 16.5. The van der Waals surface area contributed by atoms with Gasteiger partial charge in [0.05, 0.1) is 5.54 Å². The van der Waals surface area contributed by atoms with E-state index in [0.29, 0.717) is 39.1 Å². The summed E-state index contributed by atoms with van der Waals surface area (Å²) in [6.07, 6.45) is 1.15. The summed E-state index contributed by atoms with van der Waals surface area (Å²) >= 11 is 0. The molecule has 0 spiro atoms. The summed E-state index contributed by atoms with van der Waals surface area (Å²) in [6.45, 7) is 2.22. The van der Waals surface area contributed by atoms with Gasteiger partial charge in [-0.05, 0) is 24.0 Å². The van der Waals surface area contributed by atoms with Crippen molar-refractivity contribution in [3.8, 4) is 0 Å². The van der Waals surface area contributed by atoms with Crippen LogP contribution < -0.4 is 5.73 Å². The van der Waals surface area contributed by atoms with E-state index in [1.54, 1.807) is 0 Å². The third-order valence-electron chi connectivity index (χ3n) is 4.53. The molecular weight excluding hydrogens is 300 g/mol. The number of ether oxygens (including phenoxy) is 1. The molecule has 1 aliphatic heterocycles. The molecule has 24 heavy (non-hydrogen) atoms. The number of nitrogens with zero attached hydrogens (tertiary/aromatic N) is 1. The van der Waals surface area contributed by atoms with Gasteiger partial charge in [0.25, 0.3) is 0 Å². The molecule has 1 saturated heterocycles. The third-order valence-corrected chi connectivity index (χ3v) is 4.53. The van der Waals surface area contributed by atoms with Gasteiger partial charge in [-0.15, -0.1) is 0 Å². The normalized spacial score (nSPS) is 16.5. The fourth-order valence-corrected chi connectivity index (χ4v) is 3.07. The molecule has 1 fully saturated rings. The van der Waals surface area contributed by atoms with Crippen molar-refractivity contribution < 1.29 is 9.53 Å². The maximum atomic E-state index is 13.2. The maximum Gasteiger partial charge on any atom is 0.243 e. The quantitative estimate of drug-likeness (QED) is 0.920. The first-order chi connectivity index (χ1) is 11.7. The summed E-state index contributed by atoms with van der Waals surface area (Å²) in [5, 5.41) is 0. The van der Waals surface area contributed by atoms with Crippen LogP contribution in [-0.4, -0.2) is 29.6 Å².